The van der Waals surface area contributed by atoms with E-state index >= 15 is 0 Å². The van der Waals surface area contributed by atoms with E-state index in [-0.39, 0.29) is 11.7 Å². The van der Waals surface area contributed by atoms with Crippen LogP contribution in [0.3, 0.4) is 0 Å². The first-order chi connectivity index (χ1) is 12.9. The van der Waals surface area contributed by atoms with E-state index in [1.54, 1.807) is 42.5 Å². The number of ketones is 1. The molecule has 1 N–H and O–H groups in total. The van der Waals surface area contributed by atoms with Gasteiger partial charge in [-0.05, 0) is 49.5 Å². The fourth-order valence-electron chi connectivity index (χ4n) is 2.93. The highest BCUT2D eigenvalue weighted by Crippen LogP contribution is 2.35. The van der Waals surface area contributed by atoms with Crippen LogP contribution in [0.5, 0.6) is 5.88 Å². The van der Waals surface area contributed by atoms with Gasteiger partial charge < -0.3 is 5.11 Å². The van der Waals surface area contributed by atoms with Crippen molar-refractivity contribution in [3.63, 3.8) is 0 Å². The highest BCUT2D eigenvalue weighted by molar-refractivity contribution is 9.10. The van der Waals surface area contributed by atoms with Crippen molar-refractivity contribution in [1.82, 2.24) is 4.57 Å². The van der Waals surface area contributed by atoms with Crippen molar-refractivity contribution < 1.29 is 14.7 Å². The molecule has 0 unspecified atom stereocenters. The Labute approximate surface area is 171 Å². The standard InChI is InChI=1S/C19H11BrN2O3S2/c1-9(23)10-3-2-4-12(7-10)22-18(25)16(27-19(22)26)15-13-8-11(20)5-6-14(13)21-17(15)24/h2-8,25H,1H3. The second-order valence-corrected chi connectivity index (χ2v) is 8.48. The summed E-state index contributed by atoms with van der Waals surface area (Å²) in [7, 11) is 0. The van der Waals surface area contributed by atoms with Gasteiger partial charge in [-0.3, -0.25) is 14.2 Å². The molecule has 0 saturated heterocycles. The largest absolute Gasteiger partial charge is 0.493 e. The Balaban J connectivity index is 1.98. The molecule has 1 aliphatic rings. The molecule has 1 aromatic heterocycles. The molecule has 4 rings (SSSR count). The number of Topliss-reactive ketones (excluding diaryl/α,β-unsaturated/α-hetero) is 1. The van der Waals surface area contributed by atoms with Crippen molar-refractivity contribution in [2.24, 2.45) is 4.99 Å². The zero-order valence-corrected chi connectivity index (χ0v) is 17.1. The molecule has 0 bridgehead atoms. The number of hydrogen-bond donors (Lipinski definition) is 1. The number of rotatable bonds is 3. The topological polar surface area (TPSA) is 71.7 Å². The number of hydrogen-bond acceptors (Lipinski definition) is 5. The molecule has 1 amide bonds. The minimum atomic E-state index is -0.417. The summed E-state index contributed by atoms with van der Waals surface area (Å²) in [6, 6.07) is 12.2. The Morgan fingerprint density at radius 1 is 1.26 bits per heavy atom. The van der Waals surface area contributed by atoms with Crippen molar-refractivity contribution in [2.45, 2.75) is 6.92 Å². The highest BCUT2D eigenvalue weighted by Gasteiger charge is 2.26. The normalized spacial score (nSPS) is 12.8. The van der Waals surface area contributed by atoms with Crippen LogP contribution in [0.4, 0.5) is 0 Å². The summed E-state index contributed by atoms with van der Waals surface area (Å²) in [5.41, 5.74) is 1.39. The monoisotopic (exact) mass is 458 g/mol. The maximum atomic E-state index is 12.5. The van der Waals surface area contributed by atoms with E-state index in [2.05, 4.69) is 20.9 Å². The van der Waals surface area contributed by atoms with Gasteiger partial charge in [0.15, 0.2) is 9.74 Å². The SMILES string of the molecule is CC(=O)c1cccc(-n2c(O)c(C3=c4cc(Br)ccc4=NC3=O)sc2=S)c1. The van der Waals surface area contributed by atoms with E-state index in [0.29, 0.717) is 36.2 Å². The number of aromatic nitrogens is 1. The summed E-state index contributed by atoms with van der Waals surface area (Å²) in [5.74, 6) is -0.646. The second-order valence-electron chi connectivity index (χ2n) is 5.92. The molecule has 3 aromatic rings. The molecule has 5 nitrogen and oxygen atoms in total. The van der Waals surface area contributed by atoms with Gasteiger partial charge in [0.2, 0.25) is 5.88 Å². The average molecular weight is 459 g/mol. The van der Waals surface area contributed by atoms with Gasteiger partial charge in [0.25, 0.3) is 5.91 Å². The predicted octanol–water partition coefficient (Wildman–Crippen LogP) is 3.30. The molecule has 8 heteroatoms. The molecule has 0 aliphatic carbocycles. The van der Waals surface area contributed by atoms with E-state index < -0.39 is 5.91 Å². The quantitative estimate of drug-likeness (QED) is 0.482. The number of aromatic hydroxyl groups is 1. The zero-order chi connectivity index (χ0) is 19.3. The first-order valence-corrected chi connectivity index (χ1v) is 9.88. The van der Waals surface area contributed by atoms with Gasteiger partial charge in [0.1, 0.15) is 4.88 Å². The van der Waals surface area contributed by atoms with Crippen LogP contribution in [0.2, 0.25) is 0 Å². The second kappa shape index (κ2) is 6.63. The lowest BCUT2D eigenvalue weighted by atomic mass is 10.1. The van der Waals surface area contributed by atoms with Crippen LogP contribution in [0.15, 0.2) is 51.9 Å². The van der Waals surface area contributed by atoms with Crippen LogP contribution in [0.1, 0.15) is 22.2 Å². The highest BCUT2D eigenvalue weighted by atomic mass is 79.9. The van der Waals surface area contributed by atoms with E-state index in [1.807, 2.05) is 0 Å². The van der Waals surface area contributed by atoms with Gasteiger partial charge in [-0.25, -0.2) is 4.99 Å². The number of halogens is 1. The first kappa shape index (κ1) is 18.0. The zero-order valence-electron chi connectivity index (χ0n) is 13.9. The molecule has 27 heavy (non-hydrogen) atoms. The molecular weight excluding hydrogens is 448 g/mol. The summed E-state index contributed by atoms with van der Waals surface area (Å²) >= 11 is 9.95. The predicted molar refractivity (Wildman–Crippen MR) is 109 cm³/mol. The minimum Gasteiger partial charge on any atom is -0.493 e. The summed E-state index contributed by atoms with van der Waals surface area (Å²) in [5, 5.41) is 12.1. The van der Waals surface area contributed by atoms with Crippen LogP contribution in [-0.2, 0) is 4.79 Å². The molecule has 2 aromatic carbocycles. The van der Waals surface area contributed by atoms with Crippen molar-refractivity contribution >= 4 is 56.7 Å². The van der Waals surface area contributed by atoms with Crippen molar-refractivity contribution in [3.05, 3.63) is 71.9 Å². The van der Waals surface area contributed by atoms with Crippen LogP contribution in [0.25, 0.3) is 11.3 Å². The van der Waals surface area contributed by atoms with E-state index in [1.165, 1.54) is 11.5 Å². The lowest BCUT2D eigenvalue weighted by Gasteiger charge is -2.07. The maximum absolute atomic E-state index is 12.5. The van der Waals surface area contributed by atoms with E-state index in [0.717, 1.165) is 15.8 Å². The third-order valence-corrected chi connectivity index (χ3v) is 6.06. The summed E-state index contributed by atoms with van der Waals surface area (Å²) < 4.78 is 2.63. The molecule has 2 heterocycles. The Bertz CT molecular complexity index is 1320. The van der Waals surface area contributed by atoms with Gasteiger partial charge in [-0.1, -0.05) is 28.1 Å². The van der Waals surface area contributed by atoms with Gasteiger partial charge in [0, 0.05) is 15.3 Å². The number of thiazole rings is 1. The Hall–Kier alpha value is -2.42. The van der Waals surface area contributed by atoms with Crippen LogP contribution in [0, 0.1) is 3.95 Å². The average Bonchev–Trinajstić information content (AvgIpc) is 3.09. The number of fused-ring (bicyclic) bond motifs is 1. The Kier molecular flexibility index (Phi) is 4.41. The van der Waals surface area contributed by atoms with E-state index in [9.17, 15) is 14.7 Å². The van der Waals surface area contributed by atoms with Gasteiger partial charge in [-0.2, -0.15) is 0 Å². The molecule has 134 valence electrons. The fourth-order valence-corrected chi connectivity index (χ4v) is 4.67. The summed E-state index contributed by atoms with van der Waals surface area (Å²) in [6.45, 7) is 1.47. The molecule has 1 aliphatic heterocycles. The Morgan fingerprint density at radius 3 is 2.78 bits per heavy atom. The van der Waals surface area contributed by atoms with Crippen molar-refractivity contribution in [3.8, 4) is 11.6 Å². The summed E-state index contributed by atoms with van der Waals surface area (Å²) in [6.07, 6.45) is 0. The lowest BCUT2D eigenvalue weighted by Crippen LogP contribution is -2.22. The number of carbonyl (C=O) groups excluding carboxylic acids is 2. The van der Waals surface area contributed by atoms with Gasteiger partial charge in [-0.15, -0.1) is 11.3 Å². The first-order valence-electron chi connectivity index (χ1n) is 7.86. The molecule has 0 atom stereocenters. The minimum absolute atomic E-state index is 0.0868. The Morgan fingerprint density at radius 2 is 2.04 bits per heavy atom. The summed E-state index contributed by atoms with van der Waals surface area (Å²) in [4.78, 5) is 28.6. The van der Waals surface area contributed by atoms with E-state index in [4.69, 9.17) is 12.2 Å². The van der Waals surface area contributed by atoms with Crippen LogP contribution in [-0.4, -0.2) is 21.4 Å². The van der Waals surface area contributed by atoms with Crippen LogP contribution < -0.4 is 10.6 Å². The lowest BCUT2D eigenvalue weighted by molar-refractivity contribution is -0.112. The van der Waals surface area contributed by atoms with Crippen LogP contribution >= 0.6 is 39.5 Å². The number of amides is 1. The van der Waals surface area contributed by atoms with Crippen molar-refractivity contribution in [1.29, 1.82) is 0 Å². The molecule has 0 spiro atoms. The van der Waals surface area contributed by atoms with Gasteiger partial charge >= 0.3 is 0 Å². The molecule has 0 radical (unpaired) electrons. The number of carbonyl (C=O) groups is 2. The molecular formula is C19H11BrN2O3S2. The fraction of sp³-hybridized carbons (Fsp3) is 0.0526. The van der Waals surface area contributed by atoms with Gasteiger partial charge in [0.05, 0.1) is 16.6 Å². The molecule has 0 fully saturated rings. The molecule has 0 saturated carbocycles. The smallest absolute Gasteiger partial charge is 0.279 e. The third-order valence-electron chi connectivity index (χ3n) is 4.19. The van der Waals surface area contributed by atoms with Crippen molar-refractivity contribution in [2.75, 3.05) is 0 Å². The third kappa shape index (κ3) is 2.99. The number of benzene rings is 2. The maximum Gasteiger partial charge on any atom is 0.279 e. The number of nitrogens with zero attached hydrogens (tertiary/aromatic N) is 2.